The van der Waals surface area contributed by atoms with E-state index in [4.69, 9.17) is 9.47 Å². The molecule has 3 aromatic carbocycles. The summed E-state index contributed by atoms with van der Waals surface area (Å²) in [5.74, 6) is 1.48. The van der Waals surface area contributed by atoms with E-state index in [1.807, 2.05) is 18.2 Å². The highest BCUT2D eigenvalue weighted by molar-refractivity contribution is 9.10. The van der Waals surface area contributed by atoms with Crippen LogP contribution in [0.1, 0.15) is 22.3 Å². The van der Waals surface area contributed by atoms with Gasteiger partial charge in [0.15, 0.2) is 11.5 Å². The number of methoxy groups -OCH3 is 1. The van der Waals surface area contributed by atoms with Crippen LogP contribution in [-0.2, 0) is 19.6 Å². The van der Waals surface area contributed by atoms with Gasteiger partial charge in [-0.1, -0.05) is 76.1 Å². The summed E-state index contributed by atoms with van der Waals surface area (Å²) in [5, 5.41) is 3.50. The number of hydrogen-bond acceptors (Lipinski definition) is 3. The van der Waals surface area contributed by atoms with E-state index in [9.17, 15) is 0 Å². The van der Waals surface area contributed by atoms with E-state index in [1.165, 1.54) is 11.1 Å². The van der Waals surface area contributed by atoms with Crippen molar-refractivity contribution in [2.24, 2.45) is 0 Å². The molecule has 3 nitrogen and oxygen atoms in total. The molecule has 4 heteroatoms. The van der Waals surface area contributed by atoms with Crippen molar-refractivity contribution in [3.05, 3.63) is 93.5 Å². The first-order valence-electron chi connectivity index (χ1n) is 9.45. The maximum atomic E-state index is 6.00. The third-order valence-electron chi connectivity index (χ3n) is 4.60. The van der Waals surface area contributed by atoms with Crippen molar-refractivity contribution in [3.8, 4) is 11.5 Å². The first-order chi connectivity index (χ1) is 13.7. The lowest BCUT2D eigenvalue weighted by molar-refractivity contribution is 0.284. The smallest absolute Gasteiger partial charge is 0.162 e. The number of nitrogens with one attached hydrogen (secondary N) is 1. The summed E-state index contributed by atoms with van der Waals surface area (Å²) in [5.41, 5.74) is 4.86. The van der Waals surface area contributed by atoms with Crippen molar-refractivity contribution < 1.29 is 9.47 Å². The largest absolute Gasteiger partial charge is 0.493 e. The van der Waals surface area contributed by atoms with Crippen molar-refractivity contribution in [1.29, 1.82) is 0 Å². The zero-order valence-electron chi connectivity index (χ0n) is 16.4. The van der Waals surface area contributed by atoms with Crippen molar-refractivity contribution in [2.45, 2.75) is 26.5 Å². The Kier molecular flexibility index (Phi) is 7.52. The van der Waals surface area contributed by atoms with Crippen molar-refractivity contribution in [2.75, 3.05) is 13.7 Å². The van der Waals surface area contributed by atoms with Gasteiger partial charge < -0.3 is 14.8 Å². The predicted octanol–water partition coefficient (Wildman–Crippen LogP) is 5.68. The van der Waals surface area contributed by atoms with Crippen LogP contribution in [0, 0.1) is 6.92 Å². The summed E-state index contributed by atoms with van der Waals surface area (Å²) < 4.78 is 12.6. The normalized spacial score (nSPS) is 10.7. The van der Waals surface area contributed by atoms with Gasteiger partial charge in [0.2, 0.25) is 0 Å². The molecule has 0 aromatic heterocycles. The van der Waals surface area contributed by atoms with Crippen LogP contribution < -0.4 is 14.8 Å². The zero-order chi connectivity index (χ0) is 19.8. The Hall–Kier alpha value is -2.30. The molecule has 0 heterocycles. The average molecular weight is 440 g/mol. The summed E-state index contributed by atoms with van der Waals surface area (Å²) in [6.45, 7) is 4.28. The molecular weight excluding hydrogens is 414 g/mol. The van der Waals surface area contributed by atoms with Gasteiger partial charge in [0.1, 0.15) is 6.61 Å². The van der Waals surface area contributed by atoms with Crippen LogP contribution in [0.4, 0.5) is 0 Å². The van der Waals surface area contributed by atoms with Gasteiger partial charge in [0, 0.05) is 11.0 Å². The van der Waals surface area contributed by atoms with Crippen molar-refractivity contribution in [1.82, 2.24) is 5.32 Å². The molecule has 0 bridgehead atoms. The maximum Gasteiger partial charge on any atom is 0.162 e. The Balaban J connectivity index is 1.58. The molecule has 0 aliphatic rings. The van der Waals surface area contributed by atoms with Gasteiger partial charge in [-0.05, 0) is 48.7 Å². The number of hydrogen-bond donors (Lipinski definition) is 1. The SMILES string of the molecule is COc1cc(CNCCc2ccccc2)c(Br)cc1OCc1ccc(C)cc1. The summed E-state index contributed by atoms with van der Waals surface area (Å²) in [4.78, 5) is 0. The lowest BCUT2D eigenvalue weighted by Crippen LogP contribution is -2.17. The number of aryl methyl sites for hydroxylation is 1. The van der Waals surface area contributed by atoms with Crippen LogP contribution in [0.3, 0.4) is 0 Å². The van der Waals surface area contributed by atoms with E-state index in [1.54, 1.807) is 7.11 Å². The van der Waals surface area contributed by atoms with Crippen LogP contribution in [0.25, 0.3) is 0 Å². The Morgan fingerprint density at radius 1 is 0.893 bits per heavy atom. The summed E-state index contributed by atoms with van der Waals surface area (Å²) >= 11 is 3.67. The molecule has 0 atom stereocenters. The standard InChI is InChI=1S/C24H26BrNO2/c1-18-8-10-20(11-9-18)17-28-24-15-22(25)21(14-23(24)27-2)16-26-13-12-19-6-4-3-5-7-19/h3-11,14-15,26H,12-13,16-17H2,1-2H3. The second-order valence-corrected chi connectivity index (χ2v) is 7.64. The van der Waals surface area contributed by atoms with Crippen LogP contribution in [0.5, 0.6) is 11.5 Å². The summed E-state index contributed by atoms with van der Waals surface area (Å²) in [6.07, 6.45) is 1.01. The summed E-state index contributed by atoms with van der Waals surface area (Å²) in [7, 11) is 1.68. The predicted molar refractivity (Wildman–Crippen MR) is 118 cm³/mol. The first kappa shape index (κ1) is 20.4. The van der Waals surface area contributed by atoms with Gasteiger partial charge in [-0.15, -0.1) is 0 Å². The van der Waals surface area contributed by atoms with E-state index < -0.39 is 0 Å². The van der Waals surface area contributed by atoms with Crippen LogP contribution in [-0.4, -0.2) is 13.7 Å². The highest BCUT2D eigenvalue weighted by atomic mass is 79.9. The van der Waals surface area contributed by atoms with E-state index >= 15 is 0 Å². The minimum atomic E-state index is 0.512. The van der Waals surface area contributed by atoms with E-state index in [-0.39, 0.29) is 0 Å². The molecule has 0 aliphatic carbocycles. The van der Waals surface area contributed by atoms with Gasteiger partial charge in [0.05, 0.1) is 7.11 Å². The quantitative estimate of drug-likeness (QED) is 0.435. The highest BCUT2D eigenvalue weighted by Gasteiger charge is 2.11. The molecule has 1 N–H and O–H groups in total. The fourth-order valence-corrected chi connectivity index (χ4v) is 3.39. The van der Waals surface area contributed by atoms with Gasteiger partial charge in [-0.2, -0.15) is 0 Å². The number of halogens is 1. The fourth-order valence-electron chi connectivity index (χ4n) is 2.93. The van der Waals surface area contributed by atoms with E-state index in [2.05, 4.69) is 76.7 Å². The Morgan fingerprint density at radius 3 is 2.36 bits per heavy atom. The Bertz CT molecular complexity index is 879. The molecule has 3 aromatic rings. The Labute approximate surface area is 175 Å². The summed E-state index contributed by atoms with van der Waals surface area (Å²) in [6, 6.07) is 22.9. The monoisotopic (exact) mass is 439 g/mol. The Morgan fingerprint density at radius 2 is 1.64 bits per heavy atom. The highest BCUT2D eigenvalue weighted by Crippen LogP contribution is 2.34. The second-order valence-electron chi connectivity index (χ2n) is 6.78. The second kappa shape index (κ2) is 10.3. The lowest BCUT2D eigenvalue weighted by atomic mass is 10.1. The molecule has 0 aliphatic heterocycles. The van der Waals surface area contributed by atoms with Gasteiger partial charge >= 0.3 is 0 Å². The molecule has 146 valence electrons. The van der Waals surface area contributed by atoms with Gasteiger partial charge in [-0.3, -0.25) is 0 Å². The van der Waals surface area contributed by atoms with Crippen LogP contribution in [0.2, 0.25) is 0 Å². The maximum absolute atomic E-state index is 6.00. The molecule has 0 saturated carbocycles. The minimum Gasteiger partial charge on any atom is -0.493 e. The minimum absolute atomic E-state index is 0.512. The molecular formula is C24H26BrNO2. The number of benzene rings is 3. The molecule has 0 fully saturated rings. The molecule has 28 heavy (non-hydrogen) atoms. The number of ether oxygens (including phenoxy) is 2. The topological polar surface area (TPSA) is 30.5 Å². The third kappa shape index (κ3) is 5.85. The molecule has 3 rings (SSSR count). The molecule has 0 amide bonds. The van der Waals surface area contributed by atoms with Crippen molar-refractivity contribution >= 4 is 15.9 Å². The van der Waals surface area contributed by atoms with Gasteiger partial charge in [-0.25, -0.2) is 0 Å². The molecule has 0 saturated heterocycles. The molecule has 0 unspecified atom stereocenters. The van der Waals surface area contributed by atoms with E-state index in [0.717, 1.165) is 46.6 Å². The lowest BCUT2D eigenvalue weighted by Gasteiger charge is -2.15. The third-order valence-corrected chi connectivity index (χ3v) is 5.33. The van der Waals surface area contributed by atoms with E-state index in [0.29, 0.717) is 6.61 Å². The van der Waals surface area contributed by atoms with Crippen molar-refractivity contribution in [3.63, 3.8) is 0 Å². The van der Waals surface area contributed by atoms with Crippen LogP contribution >= 0.6 is 15.9 Å². The molecule has 0 radical (unpaired) electrons. The first-order valence-corrected chi connectivity index (χ1v) is 10.2. The van der Waals surface area contributed by atoms with Crippen LogP contribution in [0.15, 0.2) is 71.2 Å². The number of rotatable bonds is 9. The fraction of sp³-hybridized carbons (Fsp3) is 0.250. The van der Waals surface area contributed by atoms with Gasteiger partial charge in [0.25, 0.3) is 0 Å². The molecule has 0 spiro atoms. The average Bonchev–Trinajstić information content (AvgIpc) is 2.72. The zero-order valence-corrected chi connectivity index (χ0v) is 18.0.